The predicted octanol–water partition coefficient (Wildman–Crippen LogP) is 1.50. The van der Waals surface area contributed by atoms with E-state index in [2.05, 4.69) is 41.4 Å². The van der Waals surface area contributed by atoms with Gasteiger partial charge in [0, 0.05) is 31.1 Å². The molecule has 1 saturated heterocycles. The summed E-state index contributed by atoms with van der Waals surface area (Å²) in [4.78, 5) is 19.9. The number of amides is 1. The van der Waals surface area contributed by atoms with Crippen molar-refractivity contribution in [2.24, 2.45) is 0 Å². The molecule has 1 amide bonds. The monoisotopic (exact) mass is 353 g/mol. The lowest BCUT2D eigenvalue weighted by molar-refractivity contribution is 0.0863. The van der Waals surface area contributed by atoms with Crippen LogP contribution in [0, 0.1) is 0 Å². The molecular formula is C13H16BrN5O2. The minimum Gasteiger partial charge on any atom is -0.378 e. The number of hydrogen-bond acceptors (Lipinski definition) is 4. The molecule has 112 valence electrons. The molecule has 1 unspecified atom stereocenters. The highest BCUT2D eigenvalue weighted by Gasteiger charge is 2.41. The fourth-order valence-corrected chi connectivity index (χ4v) is 3.10. The van der Waals surface area contributed by atoms with Gasteiger partial charge in [-0.3, -0.25) is 9.89 Å². The summed E-state index contributed by atoms with van der Waals surface area (Å²) in [7, 11) is 0. The lowest BCUT2D eigenvalue weighted by atomic mass is 9.97. The average Bonchev–Trinajstić information content (AvgIpc) is 3.18. The average molecular weight is 354 g/mol. The molecule has 1 fully saturated rings. The Balaban J connectivity index is 1.86. The number of imidazole rings is 1. The Morgan fingerprint density at radius 1 is 1.62 bits per heavy atom. The zero-order valence-electron chi connectivity index (χ0n) is 11.6. The maximum atomic E-state index is 12.5. The number of halogens is 1. The molecular weight excluding hydrogens is 338 g/mol. The predicted molar refractivity (Wildman–Crippen MR) is 78.8 cm³/mol. The van der Waals surface area contributed by atoms with E-state index in [0.29, 0.717) is 35.6 Å². The van der Waals surface area contributed by atoms with Crippen molar-refractivity contribution in [1.82, 2.24) is 25.5 Å². The van der Waals surface area contributed by atoms with E-state index in [4.69, 9.17) is 4.74 Å². The number of H-pyrrole nitrogens is 2. The van der Waals surface area contributed by atoms with Gasteiger partial charge < -0.3 is 15.0 Å². The fraction of sp³-hybridized carbons (Fsp3) is 0.462. The van der Waals surface area contributed by atoms with Crippen LogP contribution in [0.5, 0.6) is 0 Å². The number of carbonyl (C=O) groups excluding carboxylic acids is 1. The first-order valence-electron chi connectivity index (χ1n) is 6.79. The number of rotatable bonds is 4. The van der Waals surface area contributed by atoms with Crippen molar-refractivity contribution in [3.05, 3.63) is 34.1 Å². The number of nitrogens with zero attached hydrogens (tertiary/aromatic N) is 2. The van der Waals surface area contributed by atoms with Crippen LogP contribution >= 0.6 is 15.9 Å². The second kappa shape index (κ2) is 5.61. The van der Waals surface area contributed by atoms with Crippen LogP contribution in [-0.4, -0.2) is 39.3 Å². The van der Waals surface area contributed by atoms with Gasteiger partial charge in [0.05, 0.1) is 11.1 Å². The number of ether oxygens (including phenoxy) is 1. The third kappa shape index (κ3) is 2.49. The molecule has 3 rings (SSSR count). The summed E-state index contributed by atoms with van der Waals surface area (Å²) in [5, 5.41) is 9.97. The molecule has 0 spiro atoms. The van der Waals surface area contributed by atoms with Crippen molar-refractivity contribution in [3.8, 4) is 0 Å². The molecule has 0 aliphatic carbocycles. The molecule has 3 N–H and O–H groups in total. The van der Waals surface area contributed by atoms with Crippen LogP contribution in [0.2, 0.25) is 0 Å². The third-order valence-electron chi connectivity index (χ3n) is 3.67. The minimum absolute atomic E-state index is 0.250. The summed E-state index contributed by atoms with van der Waals surface area (Å²) in [5.74, 6) is 0.454. The second-order valence-electron chi connectivity index (χ2n) is 4.99. The number of aryl methyl sites for hydroxylation is 1. The van der Waals surface area contributed by atoms with Gasteiger partial charge in [0.15, 0.2) is 5.69 Å². The van der Waals surface area contributed by atoms with Crippen LogP contribution in [0.15, 0.2) is 16.9 Å². The van der Waals surface area contributed by atoms with E-state index in [9.17, 15) is 4.79 Å². The Bertz CT molecular complexity index is 631. The smallest absolute Gasteiger partial charge is 0.273 e. The first kappa shape index (κ1) is 14.3. The largest absolute Gasteiger partial charge is 0.378 e. The molecule has 1 aliphatic heterocycles. The van der Waals surface area contributed by atoms with E-state index in [0.717, 1.165) is 12.1 Å². The van der Waals surface area contributed by atoms with Crippen molar-refractivity contribution in [3.63, 3.8) is 0 Å². The Hall–Kier alpha value is -1.67. The number of nitrogens with one attached hydrogen (secondary N) is 3. The van der Waals surface area contributed by atoms with E-state index in [1.54, 1.807) is 12.4 Å². The van der Waals surface area contributed by atoms with E-state index in [-0.39, 0.29) is 5.91 Å². The van der Waals surface area contributed by atoms with Gasteiger partial charge in [-0.15, -0.1) is 0 Å². The van der Waals surface area contributed by atoms with Gasteiger partial charge in [0.2, 0.25) is 0 Å². The number of carbonyl (C=O) groups is 1. The molecule has 2 aromatic rings. The van der Waals surface area contributed by atoms with Crippen molar-refractivity contribution < 1.29 is 9.53 Å². The van der Waals surface area contributed by atoms with Crippen molar-refractivity contribution >= 4 is 21.8 Å². The van der Waals surface area contributed by atoms with Crippen LogP contribution in [0.25, 0.3) is 0 Å². The van der Waals surface area contributed by atoms with E-state index in [1.165, 1.54) is 0 Å². The fourth-order valence-electron chi connectivity index (χ4n) is 2.46. The number of hydrogen-bond donors (Lipinski definition) is 3. The number of aromatic nitrogens is 4. The standard InChI is InChI=1S/C13H16BrN5O2/c1-2-8-9(14)10(19-18-8)11(20)17-13(3-6-21-7-13)12-15-4-5-16-12/h4-5H,2-3,6-7H2,1H3,(H,15,16)(H,17,20)(H,18,19). The maximum Gasteiger partial charge on any atom is 0.273 e. The van der Waals surface area contributed by atoms with Gasteiger partial charge in [0.1, 0.15) is 11.4 Å². The molecule has 0 saturated carbocycles. The van der Waals surface area contributed by atoms with E-state index >= 15 is 0 Å². The Labute approximate surface area is 130 Å². The molecule has 21 heavy (non-hydrogen) atoms. The quantitative estimate of drug-likeness (QED) is 0.776. The van der Waals surface area contributed by atoms with E-state index in [1.807, 2.05) is 6.92 Å². The summed E-state index contributed by atoms with van der Waals surface area (Å²) in [5.41, 5.74) is 0.630. The first-order valence-corrected chi connectivity index (χ1v) is 7.58. The Kier molecular flexibility index (Phi) is 3.81. The zero-order chi connectivity index (χ0) is 14.9. The molecule has 0 aromatic carbocycles. The van der Waals surface area contributed by atoms with Gasteiger partial charge in [0.25, 0.3) is 5.91 Å². The van der Waals surface area contributed by atoms with Gasteiger partial charge in [-0.25, -0.2) is 4.98 Å². The van der Waals surface area contributed by atoms with Crippen LogP contribution < -0.4 is 5.32 Å². The van der Waals surface area contributed by atoms with Crippen LogP contribution in [0.1, 0.15) is 35.4 Å². The van der Waals surface area contributed by atoms with Crippen LogP contribution in [0.4, 0.5) is 0 Å². The Morgan fingerprint density at radius 2 is 2.48 bits per heavy atom. The highest BCUT2D eigenvalue weighted by Crippen LogP contribution is 2.29. The molecule has 7 nitrogen and oxygen atoms in total. The molecule has 0 radical (unpaired) electrons. The van der Waals surface area contributed by atoms with Gasteiger partial charge >= 0.3 is 0 Å². The van der Waals surface area contributed by atoms with Crippen molar-refractivity contribution in [1.29, 1.82) is 0 Å². The molecule has 2 aromatic heterocycles. The second-order valence-corrected chi connectivity index (χ2v) is 5.79. The third-order valence-corrected chi connectivity index (χ3v) is 4.52. The normalized spacial score (nSPS) is 21.6. The molecule has 1 aliphatic rings. The lowest BCUT2D eigenvalue weighted by Crippen LogP contribution is -2.47. The Morgan fingerprint density at radius 3 is 3.05 bits per heavy atom. The molecule has 1 atom stereocenters. The van der Waals surface area contributed by atoms with Gasteiger partial charge in [-0.2, -0.15) is 5.10 Å². The minimum atomic E-state index is -0.620. The topological polar surface area (TPSA) is 95.7 Å². The summed E-state index contributed by atoms with van der Waals surface area (Å²) in [6, 6.07) is 0. The summed E-state index contributed by atoms with van der Waals surface area (Å²) < 4.78 is 6.17. The summed E-state index contributed by atoms with van der Waals surface area (Å²) in [6.07, 6.45) is 4.85. The highest BCUT2D eigenvalue weighted by molar-refractivity contribution is 9.10. The van der Waals surface area contributed by atoms with Crippen LogP contribution in [0.3, 0.4) is 0 Å². The van der Waals surface area contributed by atoms with Gasteiger partial charge in [-0.1, -0.05) is 6.92 Å². The zero-order valence-corrected chi connectivity index (χ0v) is 13.2. The molecule has 3 heterocycles. The molecule has 8 heteroatoms. The van der Waals surface area contributed by atoms with Gasteiger partial charge in [-0.05, 0) is 22.4 Å². The SMILES string of the molecule is CCc1[nH]nc(C(=O)NC2(c3ncc[nH]3)CCOC2)c1Br. The molecule has 0 bridgehead atoms. The first-order chi connectivity index (χ1) is 10.2. The van der Waals surface area contributed by atoms with Crippen LogP contribution in [-0.2, 0) is 16.7 Å². The maximum absolute atomic E-state index is 12.5. The lowest BCUT2D eigenvalue weighted by Gasteiger charge is -2.26. The highest BCUT2D eigenvalue weighted by atomic mass is 79.9. The number of aromatic amines is 2. The summed E-state index contributed by atoms with van der Waals surface area (Å²) >= 11 is 3.42. The van der Waals surface area contributed by atoms with Crippen molar-refractivity contribution in [2.75, 3.05) is 13.2 Å². The van der Waals surface area contributed by atoms with E-state index < -0.39 is 5.54 Å². The summed E-state index contributed by atoms with van der Waals surface area (Å²) in [6.45, 7) is 2.98. The van der Waals surface area contributed by atoms with Crippen molar-refractivity contribution in [2.45, 2.75) is 25.3 Å².